The van der Waals surface area contributed by atoms with Crippen molar-refractivity contribution in [1.29, 1.82) is 0 Å². The Labute approximate surface area is 369 Å². The van der Waals surface area contributed by atoms with Gasteiger partial charge in [-0.05, 0) is 124 Å². The van der Waals surface area contributed by atoms with Crippen molar-refractivity contribution in [2.24, 2.45) is 0 Å². The smallest absolute Gasteiger partial charge is 0.252 e. The standard InChI is InChI=1S/C54H32B2N4S2/c1-3-15-33(16-4-1)57-39-21-9-7-19-35(39)55-37-31-38-46(32-45(37)59-41-23-11-13-25-47(41)61-49-29-27-43(57)51(55)53(49)59)60-42-24-12-14-26-48(42)62-50-30-28-44-52(54(50)60)56(38)36-20-8-10-22-40(36)58(44)34-17-5-2-6-18-34/h1-32H. The van der Waals surface area contributed by atoms with Crippen molar-refractivity contribution in [3.63, 3.8) is 0 Å². The van der Waals surface area contributed by atoms with Crippen LogP contribution in [0.4, 0.5) is 68.2 Å². The fraction of sp³-hybridized carbons (Fsp3) is 0. The third kappa shape index (κ3) is 4.28. The lowest BCUT2D eigenvalue weighted by Gasteiger charge is -2.49. The van der Waals surface area contributed by atoms with Crippen molar-refractivity contribution in [1.82, 2.24) is 0 Å². The molecule has 6 aliphatic heterocycles. The zero-order chi connectivity index (χ0) is 40.2. The van der Waals surface area contributed by atoms with Crippen LogP contribution in [0.3, 0.4) is 0 Å². The molecule has 0 spiro atoms. The zero-order valence-electron chi connectivity index (χ0n) is 33.2. The van der Waals surface area contributed by atoms with Gasteiger partial charge >= 0.3 is 0 Å². The highest BCUT2D eigenvalue weighted by Crippen LogP contribution is 2.58. The lowest BCUT2D eigenvalue weighted by molar-refractivity contribution is 1.14. The van der Waals surface area contributed by atoms with E-state index in [4.69, 9.17) is 0 Å². The number of para-hydroxylation sites is 6. The van der Waals surface area contributed by atoms with Crippen LogP contribution in [0.1, 0.15) is 0 Å². The largest absolute Gasteiger partial charge is 0.311 e. The molecule has 0 radical (unpaired) electrons. The molecule has 9 aromatic carbocycles. The average molecular weight is 823 g/mol. The molecule has 0 aliphatic carbocycles. The molecule has 0 saturated carbocycles. The maximum Gasteiger partial charge on any atom is 0.252 e. The van der Waals surface area contributed by atoms with Gasteiger partial charge in [0, 0.05) is 65.1 Å². The van der Waals surface area contributed by atoms with Crippen molar-refractivity contribution in [2.45, 2.75) is 19.6 Å². The first kappa shape index (κ1) is 33.7. The van der Waals surface area contributed by atoms with Crippen molar-refractivity contribution in [2.75, 3.05) is 19.6 Å². The summed E-state index contributed by atoms with van der Waals surface area (Å²) < 4.78 is 0. The minimum atomic E-state index is 0.0228. The van der Waals surface area contributed by atoms with Gasteiger partial charge in [-0.2, -0.15) is 0 Å². The van der Waals surface area contributed by atoms with Crippen molar-refractivity contribution < 1.29 is 0 Å². The van der Waals surface area contributed by atoms with Crippen LogP contribution in [0.15, 0.2) is 214 Å². The number of benzene rings is 9. The second-order valence-corrected chi connectivity index (χ2v) is 19.0. The van der Waals surface area contributed by atoms with Gasteiger partial charge in [-0.15, -0.1) is 0 Å². The summed E-state index contributed by atoms with van der Waals surface area (Å²) in [4.78, 5) is 15.4. The topological polar surface area (TPSA) is 13.0 Å². The Hall–Kier alpha value is -6.99. The van der Waals surface area contributed by atoms with Gasteiger partial charge in [-0.25, -0.2) is 0 Å². The monoisotopic (exact) mass is 822 g/mol. The van der Waals surface area contributed by atoms with Crippen LogP contribution in [-0.2, 0) is 0 Å². The Morgan fingerprint density at radius 1 is 0.274 bits per heavy atom. The Bertz CT molecular complexity index is 3210. The Morgan fingerprint density at radius 3 is 1.15 bits per heavy atom. The van der Waals surface area contributed by atoms with Gasteiger partial charge in [-0.3, -0.25) is 0 Å². The highest BCUT2D eigenvalue weighted by atomic mass is 32.2. The first-order valence-electron chi connectivity index (χ1n) is 21.3. The van der Waals surface area contributed by atoms with Crippen LogP contribution >= 0.6 is 23.5 Å². The molecule has 9 aromatic rings. The predicted molar refractivity (Wildman–Crippen MR) is 263 cm³/mol. The second-order valence-electron chi connectivity index (χ2n) is 16.8. The van der Waals surface area contributed by atoms with E-state index in [0.717, 1.165) is 0 Å². The van der Waals surface area contributed by atoms with Crippen LogP contribution in [-0.4, -0.2) is 13.4 Å². The van der Waals surface area contributed by atoms with Crippen molar-refractivity contribution in [3.05, 3.63) is 194 Å². The zero-order valence-corrected chi connectivity index (χ0v) is 34.9. The molecule has 6 heterocycles. The summed E-state index contributed by atoms with van der Waals surface area (Å²) in [6.07, 6.45) is 0. The molecule has 286 valence electrons. The summed E-state index contributed by atoms with van der Waals surface area (Å²) in [7, 11) is 0. The van der Waals surface area contributed by atoms with Crippen molar-refractivity contribution >= 4 is 138 Å². The minimum absolute atomic E-state index is 0.0228. The number of fused-ring (bicyclic) bond motifs is 14. The fourth-order valence-corrected chi connectivity index (χ4v) is 13.6. The summed E-state index contributed by atoms with van der Waals surface area (Å²) in [6, 6.07) is 72.8. The summed E-state index contributed by atoms with van der Waals surface area (Å²) in [5.74, 6) is 0. The molecule has 15 rings (SSSR count). The molecule has 0 N–H and O–H groups in total. The molecule has 0 amide bonds. The van der Waals surface area contributed by atoms with Gasteiger partial charge in [0.1, 0.15) is 0 Å². The van der Waals surface area contributed by atoms with Crippen LogP contribution in [0.25, 0.3) is 0 Å². The van der Waals surface area contributed by atoms with E-state index in [1.807, 2.05) is 23.5 Å². The fourth-order valence-electron chi connectivity index (χ4n) is 11.4. The van der Waals surface area contributed by atoms with E-state index in [1.165, 1.54) is 121 Å². The summed E-state index contributed by atoms with van der Waals surface area (Å²) in [5.41, 5.74) is 23.0. The van der Waals surface area contributed by atoms with Crippen LogP contribution in [0.5, 0.6) is 0 Å². The molecule has 0 unspecified atom stereocenters. The average Bonchev–Trinajstić information content (AvgIpc) is 3.33. The van der Waals surface area contributed by atoms with E-state index >= 15 is 0 Å². The van der Waals surface area contributed by atoms with Gasteiger partial charge in [0.2, 0.25) is 0 Å². The molecule has 8 heteroatoms. The molecular formula is C54H32B2N4S2. The summed E-state index contributed by atoms with van der Waals surface area (Å²) in [6.45, 7) is 0.0455. The normalized spacial score (nSPS) is 14.8. The van der Waals surface area contributed by atoms with Crippen LogP contribution in [0.2, 0.25) is 0 Å². The molecule has 4 nitrogen and oxygen atoms in total. The molecule has 0 bridgehead atoms. The van der Waals surface area contributed by atoms with E-state index < -0.39 is 0 Å². The van der Waals surface area contributed by atoms with Crippen LogP contribution < -0.4 is 52.4 Å². The van der Waals surface area contributed by atoms with E-state index in [0.29, 0.717) is 0 Å². The SMILES string of the molecule is c1ccc(N2c3ccccc3B3c4cc5c(cc4N4c6ccccc6Sc6ccc2c3c64)N2c3ccccc3Sc3ccc4c(c32)B5c2ccccc2N4c2ccccc2)cc1. The van der Waals surface area contributed by atoms with E-state index in [2.05, 4.69) is 214 Å². The maximum absolute atomic E-state index is 2.64. The van der Waals surface area contributed by atoms with E-state index in [1.54, 1.807) is 0 Å². The molecule has 0 atom stereocenters. The Kier molecular flexibility index (Phi) is 6.69. The van der Waals surface area contributed by atoms with E-state index in [-0.39, 0.29) is 13.4 Å². The molecular weight excluding hydrogens is 790 g/mol. The predicted octanol–water partition coefficient (Wildman–Crippen LogP) is 10.8. The highest BCUT2D eigenvalue weighted by molar-refractivity contribution is 8.00. The van der Waals surface area contributed by atoms with Crippen LogP contribution in [0, 0.1) is 0 Å². The second kappa shape index (κ2) is 12.3. The number of hydrogen-bond donors (Lipinski definition) is 0. The quantitative estimate of drug-likeness (QED) is 0.160. The Balaban J connectivity index is 1.07. The lowest BCUT2D eigenvalue weighted by Crippen LogP contribution is -2.65. The number of hydrogen-bond acceptors (Lipinski definition) is 6. The third-order valence-corrected chi connectivity index (χ3v) is 16.0. The van der Waals surface area contributed by atoms with Gasteiger partial charge < -0.3 is 19.6 Å². The first-order valence-corrected chi connectivity index (χ1v) is 23.0. The minimum Gasteiger partial charge on any atom is -0.311 e. The molecule has 0 saturated heterocycles. The van der Waals surface area contributed by atoms with Gasteiger partial charge in [0.15, 0.2) is 0 Å². The van der Waals surface area contributed by atoms with Gasteiger partial charge in [-0.1, -0.05) is 127 Å². The van der Waals surface area contributed by atoms with Crippen molar-refractivity contribution in [3.8, 4) is 0 Å². The third-order valence-electron chi connectivity index (χ3n) is 13.8. The number of rotatable bonds is 2. The molecule has 62 heavy (non-hydrogen) atoms. The first-order chi connectivity index (χ1) is 30.8. The summed E-state index contributed by atoms with van der Waals surface area (Å²) >= 11 is 3.80. The number of anilines is 12. The van der Waals surface area contributed by atoms with E-state index in [9.17, 15) is 0 Å². The maximum atomic E-state index is 2.64. The molecule has 0 fully saturated rings. The van der Waals surface area contributed by atoms with Gasteiger partial charge in [0.05, 0.1) is 22.7 Å². The van der Waals surface area contributed by atoms with Gasteiger partial charge in [0.25, 0.3) is 13.4 Å². The lowest BCUT2D eigenvalue weighted by atomic mass is 9.30. The number of nitrogens with zero attached hydrogens (tertiary/aromatic N) is 4. The molecule has 6 aliphatic rings. The summed E-state index contributed by atoms with van der Waals surface area (Å²) in [5, 5.41) is 0. The highest BCUT2D eigenvalue weighted by Gasteiger charge is 2.50. The molecule has 0 aromatic heterocycles. The Morgan fingerprint density at radius 2 is 0.677 bits per heavy atom.